The maximum atomic E-state index is 7.57. The average molecular weight is 248 g/mol. The van der Waals surface area contributed by atoms with Crippen LogP contribution in [-0.2, 0) is 0 Å². The van der Waals surface area contributed by atoms with E-state index in [2.05, 4.69) is 38.1 Å². The monoisotopic (exact) mass is 248 g/mol. The Bertz CT molecular complexity index is 320. The van der Waals surface area contributed by atoms with Crippen LogP contribution in [0.2, 0.25) is 0 Å². The van der Waals surface area contributed by atoms with Crippen LogP contribution in [0.15, 0.2) is 60.7 Å². The summed E-state index contributed by atoms with van der Waals surface area (Å²) in [6, 6.07) is 20.5. The van der Waals surface area contributed by atoms with Crippen LogP contribution in [0.1, 0.15) is 18.1 Å². The van der Waals surface area contributed by atoms with Crippen LogP contribution < -0.4 is 0 Å². The second-order valence-corrected chi connectivity index (χ2v) is 3.63. The normalized spacial score (nSPS) is 7.78. The highest BCUT2D eigenvalue weighted by Crippen LogP contribution is 1.92. The summed E-state index contributed by atoms with van der Waals surface area (Å²) in [6.07, 6.45) is 0. The van der Waals surface area contributed by atoms with Gasteiger partial charge in [0.25, 0.3) is 0 Å². The molecule has 0 spiro atoms. The summed E-state index contributed by atoms with van der Waals surface area (Å²) in [7, 11) is 0. The lowest BCUT2D eigenvalue weighted by Crippen LogP contribution is -1.62. The summed E-state index contributed by atoms with van der Waals surface area (Å²) < 4.78 is 0. The number of aryl methyl sites for hydroxylation is 2. The smallest absolute Gasteiger partial charge is 0.0402 e. The molecule has 2 aromatic carbocycles. The molecule has 0 amide bonds. The predicted octanol–water partition coefficient (Wildman–Crippen LogP) is 3.16. The van der Waals surface area contributed by atoms with E-state index < -0.39 is 0 Å². The van der Waals surface area contributed by atoms with E-state index in [9.17, 15) is 0 Å². The standard InChI is InChI=1S/2C7H8.C2H6O.H2O/c2*1-7-5-3-2-4-6-7;1-2-3;/h2*2-6H,1H3;3H,2H2,1H3;1H2. The van der Waals surface area contributed by atoms with Gasteiger partial charge >= 0.3 is 0 Å². The van der Waals surface area contributed by atoms with Crippen molar-refractivity contribution in [3.05, 3.63) is 71.8 Å². The van der Waals surface area contributed by atoms with Gasteiger partial charge in [0, 0.05) is 6.61 Å². The second kappa shape index (κ2) is 13.4. The third-order valence-corrected chi connectivity index (χ3v) is 1.88. The molecule has 2 aromatic rings. The molecule has 0 unspecified atom stereocenters. The molecule has 0 aliphatic carbocycles. The molecule has 2 rings (SSSR count). The summed E-state index contributed by atoms with van der Waals surface area (Å²) in [4.78, 5) is 0. The Morgan fingerprint density at radius 1 is 0.722 bits per heavy atom. The molecule has 3 N–H and O–H groups in total. The van der Waals surface area contributed by atoms with E-state index >= 15 is 0 Å². The summed E-state index contributed by atoms with van der Waals surface area (Å²) >= 11 is 0. The molecule has 0 aliphatic heterocycles. The molecule has 0 radical (unpaired) electrons. The third-order valence-electron chi connectivity index (χ3n) is 1.88. The van der Waals surface area contributed by atoms with Crippen LogP contribution in [0.3, 0.4) is 0 Å². The summed E-state index contributed by atoms with van der Waals surface area (Å²) in [5, 5.41) is 7.57. The van der Waals surface area contributed by atoms with E-state index in [1.165, 1.54) is 11.1 Å². The van der Waals surface area contributed by atoms with Crippen molar-refractivity contribution >= 4 is 0 Å². The number of benzene rings is 2. The third kappa shape index (κ3) is 12.4. The Balaban J connectivity index is 0. The van der Waals surface area contributed by atoms with Crippen molar-refractivity contribution in [2.24, 2.45) is 0 Å². The Morgan fingerprint density at radius 2 is 0.944 bits per heavy atom. The Hall–Kier alpha value is -1.64. The largest absolute Gasteiger partial charge is 0.412 e. The van der Waals surface area contributed by atoms with Crippen molar-refractivity contribution in [3.63, 3.8) is 0 Å². The van der Waals surface area contributed by atoms with Gasteiger partial charge in [0.15, 0.2) is 0 Å². The Kier molecular flexibility index (Phi) is 14.0. The Morgan fingerprint density at radius 3 is 1.06 bits per heavy atom. The van der Waals surface area contributed by atoms with E-state index in [0.717, 1.165) is 0 Å². The van der Waals surface area contributed by atoms with Crippen molar-refractivity contribution in [2.45, 2.75) is 20.8 Å². The van der Waals surface area contributed by atoms with Crippen LogP contribution in [0.5, 0.6) is 0 Å². The topological polar surface area (TPSA) is 51.7 Å². The molecule has 0 saturated carbocycles. The van der Waals surface area contributed by atoms with Gasteiger partial charge in [0.1, 0.15) is 0 Å². The minimum atomic E-state index is 0. The SMILES string of the molecule is CCO.Cc1ccccc1.Cc1ccccc1.O. The fourth-order valence-electron chi connectivity index (χ4n) is 1.07. The highest BCUT2D eigenvalue weighted by atomic mass is 16.2. The maximum Gasteiger partial charge on any atom is 0.0402 e. The second-order valence-electron chi connectivity index (χ2n) is 3.63. The molecule has 0 fully saturated rings. The van der Waals surface area contributed by atoms with Gasteiger partial charge in [0.2, 0.25) is 0 Å². The van der Waals surface area contributed by atoms with Gasteiger partial charge in [-0.1, -0.05) is 71.8 Å². The lowest BCUT2D eigenvalue weighted by Gasteiger charge is -1.82. The van der Waals surface area contributed by atoms with Gasteiger partial charge in [0.05, 0.1) is 0 Å². The molecule has 2 heteroatoms. The molecule has 0 bridgehead atoms. The predicted molar refractivity (Wildman–Crippen MR) is 78.7 cm³/mol. The van der Waals surface area contributed by atoms with Gasteiger partial charge in [-0.2, -0.15) is 0 Å². The lowest BCUT2D eigenvalue weighted by molar-refractivity contribution is 0.318. The van der Waals surface area contributed by atoms with E-state index in [-0.39, 0.29) is 12.1 Å². The van der Waals surface area contributed by atoms with Crippen LogP contribution in [0.25, 0.3) is 0 Å². The van der Waals surface area contributed by atoms with Gasteiger partial charge < -0.3 is 10.6 Å². The van der Waals surface area contributed by atoms with E-state index in [4.69, 9.17) is 5.11 Å². The van der Waals surface area contributed by atoms with Crippen LogP contribution in [0, 0.1) is 13.8 Å². The molecule has 0 heterocycles. The fraction of sp³-hybridized carbons (Fsp3) is 0.250. The Labute approximate surface area is 110 Å². The molecule has 0 aliphatic rings. The number of aliphatic hydroxyl groups is 1. The van der Waals surface area contributed by atoms with E-state index in [1.807, 2.05) is 36.4 Å². The highest BCUT2D eigenvalue weighted by Gasteiger charge is 1.72. The zero-order chi connectivity index (χ0) is 12.9. The van der Waals surface area contributed by atoms with Gasteiger partial charge in [-0.15, -0.1) is 0 Å². The first-order valence-corrected chi connectivity index (χ1v) is 5.84. The summed E-state index contributed by atoms with van der Waals surface area (Å²) in [5.74, 6) is 0. The lowest BCUT2D eigenvalue weighted by atomic mass is 10.2. The maximum absolute atomic E-state index is 7.57. The fourth-order valence-corrected chi connectivity index (χ4v) is 1.07. The van der Waals surface area contributed by atoms with Gasteiger partial charge in [-0.25, -0.2) is 0 Å². The first-order valence-electron chi connectivity index (χ1n) is 5.84. The molecular weight excluding hydrogens is 224 g/mol. The molecule has 2 nitrogen and oxygen atoms in total. The van der Waals surface area contributed by atoms with Crippen LogP contribution in [0.4, 0.5) is 0 Å². The number of hydrogen-bond donors (Lipinski definition) is 1. The summed E-state index contributed by atoms with van der Waals surface area (Å²) in [5.41, 5.74) is 2.64. The first-order chi connectivity index (χ1) is 8.20. The van der Waals surface area contributed by atoms with Crippen molar-refractivity contribution < 1.29 is 10.6 Å². The minimum Gasteiger partial charge on any atom is -0.412 e. The minimum absolute atomic E-state index is 0. The summed E-state index contributed by atoms with van der Waals surface area (Å²) in [6.45, 7) is 6.10. The van der Waals surface area contributed by atoms with E-state index in [1.54, 1.807) is 6.92 Å². The molecular formula is C16H24O2. The molecule has 0 atom stereocenters. The van der Waals surface area contributed by atoms with Gasteiger partial charge in [-0.3, -0.25) is 0 Å². The van der Waals surface area contributed by atoms with Crippen molar-refractivity contribution in [1.29, 1.82) is 0 Å². The van der Waals surface area contributed by atoms with Crippen LogP contribution in [-0.4, -0.2) is 17.2 Å². The molecule has 0 aromatic heterocycles. The molecule has 18 heavy (non-hydrogen) atoms. The van der Waals surface area contributed by atoms with E-state index in [0.29, 0.717) is 0 Å². The first kappa shape index (κ1) is 18.7. The van der Waals surface area contributed by atoms with Crippen molar-refractivity contribution in [1.82, 2.24) is 0 Å². The average Bonchev–Trinajstić information content (AvgIpc) is 2.33. The van der Waals surface area contributed by atoms with Gasteiger partial charge in [-0.05, 0) is 20.8 Å². The molecule has 100 valence electrons. The number of hydrogen-bond acceptors (Lipinski definition) is 1. The van der Waals surface area contributed by atoms with Crippen molar-refractivity contribution in [3.8, 4) is 0 Å². The van der Waals surface area contributed by atoms with Crippen LogP contribution >= 0.6 is 0 Å². The number of aliphatic hydroxyl groups excluding tert-OH is 1. The van der Waals surface area contributed by atoms with Crippen molar-refractivity contribution in [2.75, 3.05) is 6.61 Å². The number of rotatable bonds is 0. The zero-order valence-electron chi connectivity index (χ0n) is 11.4. The highest BCUT2D eigenvalue weighted by molar-refractivity contribution is 5.12. The molecule has 0 saturated heterocycles. The quantitative estimate of drug-likeness (QED) is 0.765. The zero-order valence-corrected chi connectivity index (χ0v) is 11.4.